The third-order valence-corrected chi connectivity index (χ3v) is 5.01. The van der Waals surface area contributed by atoms with Gasteiger partial charge in [-0.1, -0.05) is 12.1 Å². The fourth-order valence-electron chi connectivity index (χ4n) is 3.38. The highest BCUT2D eigenvalue weighted by Crippen LogP contribution is 2.26. The van der Waals surface area contributed by atoms with Gasteiger partial charge in [-0.3, -0.25) is 4.79 Å². The number of nitrogens with one attached hydrogen (secondary N) is 2. The molecule has 2 heterocycles. The van der Waals surface area contributed by atoms with Crippen molar-refractivity contribution in [3.8, 4) is 11.5 Å². The van der Waals surface area contributed by atoms with Crippen LogP contribution in [-0.4, -0.2) is 55.9 Å². The van der Waals surface area contributed by atoms with Gasteiger partial charge in [0.15, 0.2) is 18.1 Å². The van der Waals surface area contributed by atoms with E-state index in [9.17, 15) is 4.79 Å². The van der Waals surface area contributed by atoms with Crippen LogP contribution in [0, 0.1) is 6.92 Å². The van der Waals surface area contributed by atoms with Crippen LogP contribution in [0.5, 0.6) is 11.5 Å². The number of ether oxygens (including phenoxy) is 3. The topological polar surface area (TPSA) is 97.8 Å². The lowest BCUT2D eigenvalue weighted by Crippen LogP contribution is -2.37. The first-order valence-electron chi connectivity index (χ1n) is 10.7. The zero-order valence-corrected chi connectivity index (χ0v) is 18.7. The Morgan fingerprint density at radius 1 is 1.03 bits per heavy atom. The molecule has 0 bridgehead atoms. The van der Waals surface area contributed by atoms with Crippen LogP contribution in [0.4, 0.5) is 23.1 Å². The first kappa shape index (κ1) is 22.3. The predicted octanol–water partition coefficient (Wildman–Crippen LogP) is 3.39. The summed E-state index contributed by atoms with van der Waals surface area (Å²) in [7, 11) is 1.56. The Balaban J connectivity index is 1.33. The van der Waals surface area contributed by atoms with E-state index in [1.54, 1.807) is 19.2 Å². The number of methoxy groups -OCH3 is 1. The molecule has 33 heavy (non-hydrogen) atoms. The number of morpholine rings is 1. The van der Waals surface area contributed by atoms with Crippen molar-refractivity contribution in [3.05, 3.63) is 60.3 Å². The molecule has 9 nitrogen and oxygen atoms in total. The van der Waals surface area contributed by atoms with E-state index in [0.717, 1.165) is 24.5 Å². The van der Waals surface area contributed by atoms with Gasteiger partial charge in [-0.2, -0.15) is 4.98 Å². The van der Waals surface area contributed by atoms with Crippen molar-refractivity contribution < 1.29 is 19.0 Å². The minimum atomic E-state index is -0.261. The highest BCUT2D eigenvalue weighted by Gasteiger charge is 2.15. The van der Waals surface area contributed by atoms with Crippen LogP contribution in [0.1, 0.15) is 5.69 Å². The van der Waals surface area contributed by atoms with Crippen molar-refractivity contribution >= 4 is 29.0 Å². The molecule has 1 aliphatic rings. The third-order valence-electron chi connectivity index (χ3n) is 5.01. The van der Waals surface area contributed by atoms with Crippen LogP contribution in [0.25, 0.3) is 0 Å². The quantitative estimate of drug-likeness (QED) is 0.540. The van der Waals surface area contributed by atoms with E-state index in [1.807, 2.05) is 49.4 Å². The molecule has 0 spiro atoms. The highest BCUT2D eigenvalue weighted by atomic mass is 16.5. The number of benzene rings is 2. The lowest BCUT2D eigenvalue weighted by atomic mass is 10.2. The normalized spacial score (nSPS) is 13.3. The summed E-state index contributed by atoms with van der Waals surface area (Å²) in [5.41, 5.74) is 2.40. The molecule has 4 rings (SSSR count). The monoisotopic (exact) mass is 449 g/mol. The summed E-state index contributed by atoms with van der Waals surface area (Å²) in [6.07, 6.45) is 0. The van der Waals surface area contributed by atoms with Gasteiger partial charge >= 0.3 is 0 Å². The summed E-state index contributed by atoms with van der Waals surface area (Å²) >= 11 is 0. The fourth-order valence-corrected chi connectivity index (χ4v) is 3.38. The Morgan fingerprint density at radius 3 is 2.45 bits per heavy atom. The summed E-state index contributed by atoms with van der Waals surface area (Å²) in [6, 6.07) is 16.5. The summed E-state index contributed by atoms with van der Waals surface area (Å²) in [5.74, 6) is 2.25. The number of nitrogens with zero attached hydrogens (tertiary/aromatic N) is 3. The van der Waals surface area contributed by atoms with Crippen LogP contribution in [-0.2, 0) is 9.53 Å². The molecule has 2 N–H and O–H groups in total. The average Bonchev–Trinajstić information content (AvgIpc) is 2.84. The Hall–Kier alpha value is -3.85. The fraction of sp³-hybridized carbons (Fsp3) is 0.292. The van der Waals surface area contributed by atoms with Crippen LogP contribution < -0.4 is 25.0 Å². The molecule has 1 amide bonds. The van der Waals surface area contributed by atoms with Crippen molar-refractivity contribution in [1.29, 1.82) is 0 Å². The predicted molar refractivity (Wildman–Crippen MR) is 127 cm³/mol. The van der Waals surface area contributed by atoms with E-state index in [0.29, 0.717) is 42.2 Å². The average molecular weight is 450 g/mol. The van der Waals surface area contributed by atoms with Crippen molar-refractivity contribution in [2.24, 2.45) is 0 Å². The number of hydrogen-bond donors (Lipinski definition) is 2. The number of carbonyl (C=O) groups is 1. The molecule has 2 aromatic carbocycles. The van der Waals surface area contributed by atoms with Gasteiger partial charge in [0, 0.05) is 36.2 Å². The highest BCUT2D eigenvalue weighted by molar-refractivity contribution is 5.92. The molecule has 1 fully saturated rings. The summed E-state index contributed by atoms with van der Waals surface area (Å²) in [5, 5.41) is 6.13. The maximum atomic E-state index is 12.3. The molecule has 0 saturated carbocycles. The first-order valence-corrected chi connectivity index (χ1v) is 10.7. The Morgan fingerprint density at radius 2 is 1.73 bits per heavy atom. The second-order valence-corrected chi connectivity index (χ2v) is 7.48. The number of rotatable bonds is 8. The summed E-state index contributed by atoms with van der Waals surface area (Å²) in [4.78, 5) is 23.6. The minimum absolute atomic E-state index is 0.120. The van der Waals surface area contributed by atoms with E-state index in [4.69, 9.17) is 14.2 Å². The Kier molecular flexibility index (Phi) is 7.21. The zero-order valence-electron chi connectivity index (χ0n) is 18.7. The van der Waals surface area contributed by atoms with Gasteiger partial charge in [-0.05, 0) is 43.3 Å². The van der Waals surface area contributed by atoms with E-state index in [2.05, 4.69) is 25.5 Å². The number of anilines is 4. The Bertz CT molecular complexity index is 1080. The molecule has 0 unspecified atom stereocenters. The van der Waals surface area contributed by atoms with Gasteiger partial charge in [-0.25, -0.2) is 4.98 Å². The van der Waals surface area contributed by atoms with E-state index in [-0.39, 0.29) is 12.5 Å². The maximum Gasteiger partial charge on any atom is 0.262 e. The summed E-state index contributed by atoms with van der Waals surface area (Å²) in [6.45, 7) is 4.73. The van der Waals surface area contributed by atoms with Crippen molar-refractivity contribution in [3.63, 3.8) is 0 Å². The molecule has 172 valence electrons. The number of hydrogen-bond acceptors (Lipinski definition) is 8. The van der Waals surface area contributed by atoms with Crippen LogP contribution in [0.15, 0.2) is 54.6 Å². The van der Waals surface area contributed by atoms with Crippen LogP contribution >= 0.6 is 0 Å². The number of aryl methyl sites for hydroxylation is 1. The van der Waals surface area contributed by atoms with Gasteiger partial charge < -0.3 is 29.7 Å². The minimum Gasteiger partial charge on any atom is -0.493 e. The largest absolute Gasteiger partial charge is 0.493 e. The second kappa shape index (κ2) is 10.6. The maximum absolute atomic E-state index is 12.3. The van der Waals surface area contributed by atoms with Gasteiger partial charge in [0.05, 0.1) is 20.3 Å². The van der Waals surface area contributed by atoms with E-state index < -0.39 is 0 Å². The van der Waals surface area contributed by atoms with Crippen molar-refractivity contribution in [2.45, 2.75) is 6.92 Å². The molecule has 3 aromatic rings. The molecule has 0 atom stereocenters. The molecular weight excluding hydrogens is 422 g/mol. The van der Waals surface area contributed by atoms with Gasteiger partial charge in [0.2, 0.25) is 5.95 Å². The van der Waals surface area contributed by atoms with Gasteiger partial charge in [0.25, 0.3) is 5.91 Å². The number of para-hydroxylation sites is 2. The third kappa shape index (κ3) is 6.11. The van der Waals surface area contributed by atoms with E-state index in [1.165, 1.54) is 0 Å². The molecule has 1 aromatic heterocycles. The second-order valence-electron chi connectivity index (χ2n) is 7.48. The number of amides is 1. The number of aromatic nitrogens is 2. The lowest BCUT2D eigenvalue weighted by Gasteiger charge is -2.27. The summed E-state index contributed by atoms with van der Waals surface area (Å²) < 4.78 is 16.2. The van der Waals surface area contributed by atoms with Crippen molar-refractivity contribution in [2.75, 3.05) is 55.6 Å². The van der Waals surface area contributed by atoms with Gasteiger partial charge in [-0.15, -0.1) is 0 Å². The first-order chi connectivity index (χ1) is 16.1. The Labute approximate surface area is 192 Å². The number of carbonyl (C=O) groups excluding carboxylic acids is 1. The van der Waals surface area contributed by atoms with Crippen LogP contribution in [0.3, 0.4) is 0 Å². The molecule has 9 heteroatoms. The van der Waals surface area contributed by atoms with E-state index >= 15 is 0 Å². The SMILES string of the molecule is COc1ccccc1OCC(=O)Nc1ccc(Nc2cc(C)nc(N3CCOCC3)n2)cc1. The smallest absolute Gasteiger partial charge is 0.262 e. The van der Waals surface area contributed by atoms with Crippen LogP contribution in [0.2, 0.25) is 0 Å². The molecule has 1 saturated heterocycles. The standard InChI is InChI=1S/C24H27N5O4/c1-17-15-22(28-24(25-17)29-11-13-32-14-12-29)26-18-7-9-19(10-8-18)27-23(30)16-33-21-6-4-3-5-20(21)31-2/h3-10,15H,11-14,16H2,1-2H3,(H,27,30)(H,25,26,28). The molecule has 0 radical (unpaired) electrons. The zero-order chi connectivity index (χ0) is 23.0. The lowest BCUT2D eigenvalue weighted by molar-refractivity contribution is -0.118. The molecule has 0 aliphatic carbocycles. The van der Waals surface area contributed by atoms with Crippen molar-refractivity contribution in [1.82, 2.24) is 9.97 Å². The van der Waals surface area contributed by atoms with Gasteiger partial charge in [0.1, 0.15) is 5.82 Å². The molecular formula is C24H27N5O4. The molecule has 1 aliphatic heterocycles.